The molecule has 0 fully saturated rings. The van der Waals surface area contributed by atoms with Gasteiger partial charge in [-0.2, -0.15) is 8.78 Å². The Morgan fingerprint density at radius 2 is 2.09 bits per heavy atom. The molecular weight excluding hydrogens is 292 g/mol. The fraction of sp³-hybridized carbons (Fsp3) is 0.375. The van der Waals surface area contributed by atoms with E-state index in [2.05, 4.69) is 10.1 Å². The lowest BCUT2D eigenvalue weighted by Gasteiger charge is -2.20. The molecule has 1 heterocycles. The van der Waals surface area contributed by atoms with E-state index in [4.69, 9.17) is 4.42 Å². The monoisotopic (exact) mass is 311 g/mol. The highest BCUT2D eigenvalue weighted by Gasteiger charge is 2.17. The molecule has 22 heavy (non-hydrogen) atoms. The molecule has 0 saturated carbocycles. The third-order valence-corrected chi connectivity index (χ3v) is 3.34. The zero-order valence-corrected chi connectivity index (χ0v) is 12.4. The van der Waals surface area contributed by atoms with Gasteiger partial charge in [-0.15, -0.1) is 0 Å². The van der Waals surface area contributed by atoms with Crippen molar-refractivity contribution in [2.75, 3.05) is 6.54 Å². The highest BCUT2D eigenvalue weighted by Crippen LogP contribution is 2.28. The van der Waals surface area contributed by atoms with Gasteiger partial charge in [0.05, 0.1) is 6.26 Å². The Bertz CT molecular complexity index is 587. The van der Waals surface area contributed by atoms with Crippen LogP contribution >= 0.6 is 0 Å². The van der Waals surface area contributed by atoms with Crippen molar-refractivity contribution < 1.29 is 23.0 Å². The molecule has 120 valence electrons. The van der Waals surface area contributed by atoms with E-state index in [1.807, 2.05) is 13.8 Å². The lowest BCUT2D eigenvalue weighted by molar-refractivity contribution is -0.0507. The number of furan rings is 1. The maximum absolute atomic E-state index is 12.5. The van der Waals surface area contributed by atoms with Crippen LogP contribution in [-0.2, 0) is 0 Å². The summed E-state index contributed by atoms with van der Waals surface area (Å²) in [5.41, 5.74) is 1.56. The molecule has 0 spiro atoms. The molecule has 0 aliphatic heterocycles. The average Bonchev–Trinajstić information content (AvgIpc) is 3.00. The number of hydrogen-bond acceptors (Lipinski definition) is 4. The Hall–Kier alpha value is -1.92. The van der Waals surface area contributed by atoms with Crippen molar-refractivity contribution in [2.45, 2.75) is 32.6 Å². The molecule has 1 aromatic heterocycles. The molecule has 0 bridgehead atoms. The summed E-state index contributed by atoms with van der Waals surface area (Å²) in [4.78, 5) is 0. The van der Waals surface area contributed by atoms with E-state index < -0.39 is 12.7 Å². The van der Waals surface area contributed by atoms with Gasteiger partial charge in [0.25, 0.3) is 0 Å². The molecular formula is C16H19F2NO3. The number of benzene rings is 1. The number of halogens is 2. The van der Waals surface area contributed by atoms with Crippen molar-refractivity contribution in [3.63, 3.8) is 0 Å². The van der Waals surface area contributed by atoms with E-state index in [-0.39, 0.29) is 18.3 Å². The van der Waals surface area contributed by atoms with Gasteiger partial charge in [0.15, 0.2) is 0 Å². The third-order valence-electron chi connectivity index (χ3n) is 3.34. The number of ether oxygens (including phenoxy) is 1. The number of nitrogens with one attached hydrogen (secondary N) is 1. The molecule has 2 aromatic rings. The van der Waals surface area contributed by atoms with E-state index in [1.54, 1.807) is 24.3 Å². The first kappa shape index (κ1) is 16.5. The quantitative estimate of drug-likeness (QED) is 0.821. The van der Waals surface area contributed by atoms with Crippen LogP contribution in [0.5, 0.6) is 5.75 Å². The molecule has 0 aliphatic rings. The Balaban J connectivity index is 2.05. The smallest absolute Gasteiger partial charge is 0.387 e. The van der Waals surface area contributed by atoms with Gasteiger partial charge in [0, 0.05) is 18.2 Å². The standard InChI is InChI=1S/C16H19F2NO3/c1-10-5-6-14(22-16(17)18)12(8-10)11(2)19-9-13(20)15-4-3-7-21-15/h3-8,11,13,16,19-20H,9H2,1-2H3. The van der Waals surface area contributed by atoms with Crippen LogP contribution in [0.25, 0.3) is 0 Å². The minimum Gasteiger partial charge on any atom is -0.467 e. The summed E-state index contributed by atoms with van der Waals surface area (Å²) in [5.74, 6) is 0.584. The normalized spacial score (nSPS) is 14.1. The first-order valence-electron chi connectivity index (χ1n) is 6.97. The SMILES string of the molecule is Cc1ccc(OC(F)F)c(C(C)NCC(O)c2ccco2)c1. The van der Waals surface area contributed by atoms with Gasteiger partial charge < -0.3 is 19.6 Å². The van der Waals surface area contributed by atoms with Crippen LogP contribution in [0.2, 0.25) is 0 Å². The predicted molar refractivity (Wildman–Crippen MR) is 77.9 cm³/mol. The Morgan fingerprint density at radius 3 is 2.73 bits per heavy atom. The van der Waals surface area contributed by atoms with Crippen molar-refractivity contribution >= 4 is 0 Å². The van der Waals surface area contributed by atoms with E-state index in [0.717, 1.165) is 5.56 Å². The molecule has 0 aliphatic carbocycles. The minimum absolute atomic E-state index is 0.132. The van der Waals surface area contributed by atoms with Gasteiger partial charge in [-0.3, -0.25) is 0 Å². The number of aliphatic hydroxyl groups excluding tert-OH is 1. The highest BCUT2D eigenvalue weighted by molar-refractivity contribution is 5.39. The summed E-state index contributed by atoms with van der Waals surface area (Å²) < 4.78 is 34.6. The van der Waals surface area contributed by atoms with E-state index >= 15 is 0 Å². The summed E-state index contributed by atoms with van der Waals surface area (Å²) in [6.45, 7) is 1.06. The summed E-state index contributed by atoms with van der Waals surface area (Å²) in [5, 5.41) is 13.1. The van der Waals surface area contributed by atoms with Gasteiger partial charge in [0.1, 0.15) is 17.6 Å². The Morgan fingerprint density at radius 1 is 1.32 bits per heavy atom. The fourth-order valence-electron chi connectivity index (χ4n) is 2.19. The fourth-order valence-corrected chi connectivity index (χ4v) is 2.19. The minimum atomic E-state index is -2.87. The van der Waals surface area contributed by atoms with Crippen molar-refractivity contribution in [1.82, 2.24) is 5.32 Å². The molecule has 2 rings (SSSR count). The van der Waals surface area contributed by atoms with E-state index in [9.17, 15) is 13.9 Å². The topological polar surface area (TPSA) is 54.6 Å². The molecule has 6 heteroatoms. The Kier molecular flexibility index (Phi) is 5.51. The van der Waals surface area contributed by atoms with Crippen LogP contribution in [0.4, 0.5) is 8.78 Å². The third kappa shape index (κ3) is 4.29. The molecule has 1 aromatic carbocycles. The van der Waals surface area contributed by atoms with E-state index in [1.165, 1.54) is 12.3 Å². The van der Waals surface area contributed by atoms with Gasteiger partial charge in [-0.05, 0) is 32.0 Å². The molecule has 0 radical (unpaired) electrons. The second kappa shape index (κ2) is 7.38. The molecule has 2 N–H and O–H groups in total. The number of hydrogen-bond donors (Lipinski definition) is 2. The number of aliphatic hydroxyl groups is 1. The maximum atomic E-state index is 12.5. The average molecular weight is 311 g/mol. The largest absolute Gasteiger partial charge is 0.467 e. The lowest BCUT2D eigenvalue weighted by Crippen LogP contribution is -2.25. The van der Waals surface area contributed by atoms with Gasteiger partial charge >= 0.3 is 6.61 Å². The van der Waals surface area contributed by atoms with E-state index in [0.29, 0.717) is 11.3 Å². The van der Waals surface area contributed by atoms with Crippen molar-refractivity contribution in [3.8, 4) is 5.75 Å². The van der Waals surface area contributed by atoms with Crippen LogP contribution in [0.3, 0.4) is 0 Å². The molecule has 4 nitrogen and oxygen atoms in total. The summed E-state index contributed by atoms with van der Waals surface area (Å²) >= 11 is 0. The van der Waals surface area contributed by atoms with Gasteiger partial charge in [-0.25, -0.2) is 0 Å². The second-order valence-electron chi connectivity index (χ2n) is 5.08. The number of alkyl halides is 2. The van der Waals surface area contributed by atoms with Crippen LogP contribution in [0.15, 0.2) is 41.0 Å². The van der Waals surface area contributed by atoms with Gasteiger partial charge in [0.2, 0.25) is 0 Å². The molecule has 0 amide bonds. The summed E-state index contributed by atoms with van der Waals surface area (Å²) in [7, 11) is 0. The van der Waals surface area contributed by atoms with Crippen molar-refractivity contribution in [3.05, 3.63) is 53.5 Å². The lowest BCUT2D eigenvalue weighted by atomic mass is 10.0. The second-order valence-corrected chi connectivity index (χ2v) is 5.08. The zero-order chi connectivity index (χ0) is 16.1. The van der Waals surface area contributed by atoms with Crippen molar-refractivity contribution in [1.29, 1.82) is 0 Å². The predicted octanol–water partition coefficient (Wildman–Crippen LogP) is 3.57. The number of aryl methyl sites for hydroxylation is 1. The molecule has 0 saturated heterocycles. The van der Waals surface area contributed by atoms with Crippen molar-refractivity contribution in [2.24, 2.45) is 0 Å². The van der Waals surface area contributed by atoms with Crippen LogP contribution in [0.1, 0.15) is 36.0 Å². The highest BCUT2D eigenvalue weighted by atomic mass is 19.3. The first-order chi connectivity index (χ1) is 10.5. The zero-order valence-electron chi connectivity index (χ0n) is 12.4. The maximum Gasteiger partial charge on any atom is 0.387 e. The Labute approximate surface area is 127 Å². The molecule has 2 atom stereocenters. The summed E-state index contributed by atoms with van der Waals surface area (Å²) in [6, 6.07) is 8.13. The number of rotatable bonds is 7. The summed E-state index contributed by atoms with van der Waals surface area (Å²) in [6.07, 6.45) is 0.679. The van der Waals surface area contributed by atoms with Gasteiger partial charge in [-0.1, -0.05) is 17.7 Å². The van der Waals surface area contributed by atoms with Crippen LogP contribution in [-0.4, -0.2) is 18.3 Å². The van der Waals surface area contributed by atoms with Crippen LogP contribution < -0.4 is 10.1 Å². The molecule has 2 unspecified atom stereocenters. The van der Waals surface area contributed by atoms with Crippen LogP contribution in [0, 0.1) is 6.92 Å². The first-order valence-corrected chi connectivity index (χ1v) is 6.97.